The first kappa shape index (κ1) is 10.9. The molecular weight excluding hydrogens is 260 g/mol. The maximum absolute atomic E-state index is 12.1. The lowest BCUT2D eigenvalue weighted by molar-refractivity contribution is 0.0668. The molecule has 4 heteroatoms. The van der Waals surface area contributed by atoms with Crippen LogP contribution in [0.25, 0.3) is 0 Å². The largest absolute Gasteiger partial charge is 0.460 e. The van der Waals surface area contributed by atoms with Crippen LogP contribution in [0.2, 0.25) is 0 Å². The molecule has 0 aliphatic carbocycles. The molecule has 0 N–H and O–H groups in total. The molecule has 1 aliphatic rings. The van der Waals surface area contributed by atoms with Crippen molar-refractivity contribution in [1.29, 1.82) is 0 Å². The first-order chi connectivity index (χ1) is 7.24. The second-order valence-electron chi connectivity index (χ2n) is 3.67. The predicted octanol–water partition coefficient (Wildman–Crippen LogP) is 3.04. The van der Waals surface area contributed by atoms with Gasteiger partial charge in [0.15, 0.2) is 5.76 Å². The van der Waals surface area contributed by atoms with Crippen LogP contribution in [0.15, 0.2) is 21.2 Å². The second-order valence-corrected chi connectivity index (χ2v) is 4.53. The number of furan rings is 1. The van der Waals surface area contributed by atoms with Crippen LogP contribution < -0.4 is 0 Å². The minimum Gasteiger partial charge on any atom is -0.460 e. The normalized spacial score (nSPS) is 25.7. The Morgan fingerprint density at radius 3 is 3.07 bits per heavy atom. The number of rotatable bonds is 3. The lowest BCUT2D eigenvalue weighted by atomic mass is 9.93. The van der Waals surface area contributed by atoms with Gasteiger partial charge in [-0.1, -0.05) is 6.92 Å². The lowest BCUT2D eigenvalue weighted by Gasteiger charge is -2.14. The second kappa shape index (κ2) is 4.49. The molecule has 3 nitrogen and oxygen atoms in total. The summed E-state index contributed by atoms with van der Waals surface area (Å²) in [6, 6.07) is 1.74. The molecule has 2 atom stereocenters. The Balaban J connectivity index is 2.18. The zero-order valence-corrected chi connectivity index (χ0v) is 10.1. The van der Waals surface area contributed by atoms with Gasteiger partial charge in [-0.3, -0.25) is 4.79 Å². The quantitative estimate of drug-likeness (QED) is 0.794. The van der Waals surface area contributed by atoms with Crippen molar-refractivity contribution in [2.75, 3.05) is 6.61 Å². The first-order valence-electron chi connectivity index (χ1n) is 5.12. The molecule has 1 aliphatic heterocycles. The minimum absolute atomic E-state index is 0.0440. The van der Waals surface area contributed by atoms with E-state index in [2.05, 4.69) is 15.9 Å². The van der Waals surface area contributed by atoms with Crippen LogP contribution in [-0.2, 0) is 4.74 Å². The third kappa shape index (κ3) is 2.01. The molecule has 0 radical (unpaired) electrons. The van der Waals surface area contributed by atoms with Crippen molar-refractivity contribution in [2.45, 2.75) is 25.9 Å². The molecule has 0 aromatic carbocycles. The maximum atomic E-state index is 12.1. The van der Waals surface area contributed by atoms with E-state index in [1.807, 2.05) is 6.92 Å². The molecule has 15 heavy (non-hydrogen) atoms. The third-order valence-corrected chi connectivity index (χ3v) is 3.41. The monoisotopic (exact) mass is 272 g/mol. The van der Waals surface area contributed by atoms with E-state index in [0.717, 1.165) is 17.3 Å². The van der Waals surface area contributed by atoms with Crippen molar-refractivity contribution in [1.82, 2.24) is 0 Å². The Bertz CT molecular complexity index is 358. The van der Waals surface area contributed by atoms with E-state index >= 15 is 0 Å². The van der Waals surface area contributed by atoms with Crippen molar-refractivity contribution in [3.8, 4) is 0 Å². The van der Waals surface area contributed by atoms with Crippen LogP contribution in [0.1, 0.15) is 30.3 Å². The number of hydrogen-bond acceptors (Lipinski definition) is 3. The SMILES string of the molecule is CCC1OCCC1C(=O)c1occc1Br. The van der Waals surface area contributed by atoms with E-state index in [0.29, 0.717) is 12.4 Å². The van der Waals surface area contributed by atoms with Gasteiger partial charge in [-0.2, -0.15) is 0 Å². The van der Waals surface area contributed by atoms with Crippen molar-refractivity contribution in [3.63, 3.8) is 0 Å². The Morgan fingerprint density at radius 1 is 1.67 bits per heavy atom. The molecule has 0 amide bonds. The van der Waals surface area contributed by atoms with Crippen molar-refractivity contribution < 1.29 is 13.9 Å². The zero-order valence-electron chi connectivity index (χ0n) is 8.53. The fourth-order valence-electron chi connectivity index (χ4n) is 1.99. The van der Waals surface area contributed by atoms with Gasteiger partial charge in [0.2, 0.25) is 5.78 Å². The van der Waals surface area contributed by atoms with Gasteiger partial charge in [0.1, 0.15) is 0 Å². The summed E-state index contributed by atoms with van der Waals surface area (Å²) in [7, 11) is 0. The molecule has 82 valence electrons. The van der Waals surface area contributed by atoms with Crippen LogP contribution >= 0.6 is 15.9 Å². The van der Waals surface area contributed by atoms with Crippen LogP contribution in [0, 0.1) is 5.92 Å². The van der Waals surface area contributed by atoms with E-state index < -0.39 is 0 Å². The summed E-state index contributed by atoms with van der Waals surface area (Å²) in [5.74, 6) is 0.428. The van der Waals surface area contributed by atoms with Gasteiger partial charge < -0.3 is 9.15 Å². The highest BCUT2D eigenvalue weighted by molar-refractivity contribution is 9.10. The fraction of sp³-hybridized carbons (Fsp3) is 0.545. The Kier molecular flexibility index (Phi) is 3.26. The summed E-state index contributed by atoms with van der Waals surface area (Å²) >= 11 is 3.30. The summed E-state index contributed by atoms with van der Waals surface area (Å²) in [6.45, 7) is 2.71. The van der Waals surface area contributed by atoms with Gasteiger partial charge in [-0.05, 0) is 34.8 Å². The number of halogens is 1. The Morgan fingerprint density at radius 2 is 2.47 bits per heavy atom. The van der Waals surface area contributed by atoms with E-state index in [1.165, 1.54) is 6.26 Å². The van der Waals surface area contributed by atoms with Gasteiger partial charge in [0.25, 0.3) is 0 Å². The molecule has 0 saturated carbocycles. The average Bonchev–Trinajstić information content (AvgIpc) is 2.84. The van der Waals surface area contributed by atoms with Crippen molar-refractivity contribution in [2.24, 2.45) is 5.92 Å². The Labute approximate surface area is 96.9 Å². The molecule has 2 heterocycles. The molecule has 0 bridgehead atoms. The maximum Gasteiger partial charge on any atom is 0.204 e. The van der Waals surface area contributed by atoms with E-state index in [-0.39, 0.29) is 17.8 Å². The molecule has 1 fully saturated rings. The highest BCUT2D eigenvalue weighted by atomic mass is 79.9. The van der Waals surface area contributed by atoms with Gasteiger partial charge >= 0.3 is 0 Å². The zero-order chi connectivity index (χ0) is 10.8. The Hall–Kier alpha value is -0.610. The van der Waals surface area contributed by atoms with E-state index in [4.69, 9.17) is 9.15 Å². The summed E-state index contributed by atoms with van der Waals surface area (Å²) < 4.78 is 11.4. The van der Waals surface area contributed by atoms with Crippen LogP contribution in [0.3, 0.4) is 0 Å². The lowest BCUT2D eigenvalue weighted by Crippen LogP contribution is -2.23. The summed E-state index contributed by atoms with van der Waals surface area (Å²) in [5, 5.41) is 0. The van der Waals surface area contributed by atoms with E-state index in [1.54, 1.807) is 6.07 Å². The van der Waals surface area contributed by atoms with E-state index in [9.17, 15) is 4.79 Å². The topological polar surface area (TPSA) is 39.4 Å². The van der Waals surface area contributed by atoms with Gasteiger partial charge in [-0.25, -0.2) is 0 Å². The minimum atomic E-state index is -0.0440. The number of ether oxygens (including phenoxy) is 1. The number of carbonyl (C=O) groups is 1. The van der Waals surface area contributed by atoms with Gasteiger partial charge in [-0.15, -0.1) is 0 Å². The molecule has 2 rings (SSSR count). The molecule has 1 saturated heterocycles. The third-order valence-electron chi connectivity index (χ3n) is 2.79. The van der Waals surface area contributed by atoms with Gasteiger partial charge in [0, 0.05) is 6.61 Å². The smallest absolute Gasteiger partial charge is 0.204 e. The standard InChI is InChI=1S/C11H13BrO3/c1-2-9-7(3-5-14-9)10(13)11-8(12)4-6-15-11/h4,6-7,9H,2-3,5H2,1H3. The molecule has 1 aromatic heterocycles. The molecular formula is C11H13BrO3. The van der Waals surface area contributed by atoms with Crippen LogP contribution in [0.4, 0.5) is 0 Å². The average molecular weight is 273 g/mol. The summed E-state index contributed by atoms with van der Waals surface area (Å²) in [5.41, 5.74) is 0. The molecule has 0 spiro atoms. The molecule has 2 unspecified atom stereocenters. The fourth-order valence-corrected chi connectivity index (χ4v) is 2.39. The van der Waals surface area contributed by atoms with Crippen LogP contribution in [-0.4, -0.2) is 18.5 Å². The van der Waals surface area contributed by atoms with Crippen LogP contribution in [0.5, 0.6) is 0 Å². The highest BCUT2D eigenvalue weighted by Gasteiger charge is 2.35. The summed E-state index contributed by atoms with van der Waals surface area (Å²) in [6.07, 6.45) is 3.24. The van der Waals surface area contributed by atoms with Crippen molar-refractivity contribution >= 4 is 21.7 Å². The summed E-state index contributed by atoms with van der Waals surface area (Å²) in [4.78, 5) is 12.1. The van der Waals surface area contributed by atoms with Gasteiger partial charge in [0.05, 0.1) is 22.8 Å². The number of hydrogen-bond donors (Lipinski definition) is 0. The first-order valence-corrected chi connectivity index (χ1v) is 5.92. The highest BCUT2D eigenvalue weighted by Crippen LogP contribution is 2.29. The number of ketones is 1. The predicted molar refractivity (Wildman–Crippen MR) is 58.9 cm³/mol. The van der Waals surface area contributed by atoms with Crippen molar-refractivity contribution in [3.05, 3.63) is 22.6 Å². The molecule has 1 aromatic rings. The number of carbonyl (C=O) groups excluding carboxylic acids is 1. The number of Topliss-reactive ketones (excluding diaryl/α,β-unsaturated/α-hetero) is 1.